The van der Waals surface area contributed by atoms with E-state index in [-0.39, 0.29) is 11.6 Å². The minimum atomic E-state index is -0.890. The van der Waals surface area contributed by atoms with Crippen LogP contribution in [0.1, 0.15) is 32.3 Å². The molecule has 138 valence electrons. The Balaban J connectivity index is 1.69. The molecular formula is C26H17NO2. The summed E-state index contributed by atoms with van der Waals surface area (Å²) in [4.78, 5) is 30.8. The van der Waals surface area contributed by atoms with Crippen LogP contribution < -0.4 is 0 Å². The fourth-order valence-corrected chi connectivity index (χ4v) is 3.87. The lowest BCUT2D eigenvalue weighted by Crippen LogP contribution is -2.15. The number of carbonyl (C=O) groups excluding carboxylic acids is 2. The predicted octanol–water partition coefficient (Wildman–Crippen LogP) is 5.58. The van der Waals surface area contributed by atoms with Gasteiger partial charge in [-0.05, 0) is 23.3 Å². The van der Waals surface area contributed by atoms with E-state index in [2.05, 4.69) is 0 Å². The molecular weight excluding hydrogens is 358 g/mol. The van der Waals surface area contributed by atoms with E-state index in [1.165, 1.54) is 0 Å². The van der Waals surface area contributed by atoms with Crippen LogP contribution in [0.3, 0.4) is 0 Å². The van der Waals surface area contributed by atoms with E-state index in [9.17, 15) is 9.59 Å². The molecule has 0 bridgehead atoms. The van der Waals surface area contributed by atoms with Crippen LogP contribution in [0.25, 0.3) is 22.4 Å². The molecule has 3 aromatic carbocycles. The van der Waals surface area contributed by atoms with Gasteiger partial charge in [0, 0.05) is 16.7 Å². The SMILES string of the molecule is O=C1c2ccccc2C(=O)C1c1cc(-c2ccccc2)cc(-c2ccccc2)n1. The van der Waals surface area contributed by atoms with Crippen molar-refractivity contribution in [3.05, 3.63) is 114 Å². The van der Waals surface area contributed by atoms with E-state index < -0.39 is 5.92 Å². The molecule has 3 heteroatoms. The van der Waals surface area contributed by atoms with Crippen LogP contribution in [0.2, 0.25) is 0 Å². The minimum absolute atomic E-state index is 0.178. The summed E-state index contributed by atoms with van der Waals surface area (Å²) in [6, 6.07) is 30.6. The van der Waals surface area contributed by atoms with Gasteiger partial charge in [0.25, 0.3) is 0 Å². The van der Waals surface area contributed by atoms with E-state index in [1.807, 2.05) is 72.8 Å². The lowest BCUT2D eigenvalue weighted by Gasteiger charge is -2.13. The van der Waals surface area contributed by atoms with Crippen molar-refractivity contribution < 1.29 is 9.59 Å². The number of Topliss-reactive ketones (excluding diaryl/α,β-unsaturated/α-hetero) is 2. The van der Waals surface area contributed by atoms with E-state index in [1.54, 1.807) is 24.3 Å². The summed E-state index contributed by atoms with van der Waals surface area (Å²) in [5.41, 5.74) is 5.11. The maximum atomic E-state index is 13.0. The van der Waals surface area contributed by atoms with Crippen molar-refractivity contribution in [2.75, 3.05) is 0 Å². The highest BCUT2D eigenvalue weighted by atomic mass is 16.2. The van der Waals surface area contributed by atoms with Crippen molar-refractivity contribution in [2.24, 2.45) is 0 Å². The fraction of sp³-hybridized carbons (Fsp3) is 0.0385. The maximum absolute atomic E-state index is 13.0. The molecule has 1 aliphatic rings. The number of ketones is 2. The largest absolute Gasteiger partial charge is 0.293 e. The maximum Gasteiger partial charge on any atom is 0.180 e. The average molecular weight is 375 g/mol. The number of nitrogens with zero attached hydrogens (tertiary/aromatic N) is 1. The molecule has 0 saturated heterocycles. The van der Waals surface area contributed by atoms with Crippen molar-refractivity contribution in [3.8, 4) is 22.4 Å². The summed E-state index contributed by atoms with van der Waals surface area (Å²) in [5.74, 6) is -1.25. The molecule has 3 nitrogen and oxygen atoms in total. The van der Waals surface area contributed by atoms with E-state index in [4.69, 9.17) is 4.98 Å². The standard InChI is InChI=1S/C26H17NO2/c28-25-20-13-7-8-14-21(20)26(29)24(25)23-16-19(17-9-3-1-4-10-17)15-22(27-23)18-11-5-2-6-12-18/h1-16,24H. The summed E-state index contributed by atoms with van der Waals surface area (Å²) < 4.78 is 0. The quantitative estimate of drug-likeness (QED) is 0.439. The first-order valence-corrected chi connectivity index (χ1v) is 9.52. The molecule has 0 aliphatic heterocycles. The van der Waals surface area contributed by atoms with Gasteiger partial charge in [-0.15, -0.1) is 0 Å². The van der Waals surface area contributed by atoms with Gasteiger partial charge in [-0.3, -0.25) is 14.6 Å². The van der Waals surface area contributed by atoms with E-state index in [0.717, 1.165) is 22.4 Å². The fourth-order valence-electron chi connectivity index (χ4n) is 3.87. The molecule has 0 unspecified atom stereocenters. The lowest BCUT2D eigenvalue weighted by molar-refractivity contribution is 0.0888. The van der Waals surface area contributed by atoms with Crippen molar-refractivity contribution in [1.29, 1.82) is 0 Å². The van der Waals surface area contributed by atoms with Gasteiger partial charge in [0.15, 0.2) is 11.6 Å². The van der Waals surface area contributed by atoms with Crippen molar-refractivity contribution >= 4 is 11.6 Å². The molecule has 0 amide bonds. The Bertz CT molecular complexity index is 1140. The summed E-state index contributed by atoms with van der Waals surface area (Å²) >= 11 is 0. The number of rotatable bonds is 3. The lowest BCUT2D eigenvalue weighted by atomic mass is 9.94. The first-order valence-electron chi connectivity index (χ1n) is 9.52. The van der Waals surface area contributed by atoms with E-state index >= 15 is 0 Å². The van der Waals surface area contributed by atoms with Gasteiger partial charge in [0.1, 0.15) is 5.92 Å². The Morgan fingerprint density at radius 1 is 0.552 bits per heavy atom. The summed E-state index contributed by atoms with van der Waals surface area (Å²) in [5, 5.41) is 0. The molecule has 0 radical (unpaired) electrons. The monoisotopic (exact) mass is 375 g/mol. The van der Waals surface area contributed by atoms with Gasteiger partial charge in [-0.2, -0.15) is 0 Å². The Labute approximate surface area is 168 Å². The summed E-state index contributed by atoms with van der Waals surface area (Å²) in [7, 11) is 0. The summed E-state index contributed by atoms with van der Waals surface area (Å²) in [6.07, 6.45) is 0. The van der Waals surface area contributed by atoms with Crippen LogP contribution in [-0.2, 0) is 0 Å². The first-order chi connectivity index (χ1) is 14.2. The first kappa shape index (κ1) is 17.3. The Morgan fingerprint density at radius 3 is 1.66 bits per heavy atom. The van der Waals surface area contributed by atoms with Gasteiger partial charge < -0.3 is 0 Å². The number of carbonyl (C=O) groups is 2. The van der Waals surface area contributed by atoms with E-state index in [0.29, 0.717) is 16.8 Å². The molecule has 0 spiro atoms. The number of fused-ring (bicyclic) bond motifs is 1. The van der Waals surface area contributed by atoms with Crippen LogP contribution >= 0.6 is 0 Å². The van der Waals surface area contributed by atoms with Gasteiger partial charge >= 0.3 is 0 Å². The van der Waals surface area contributed by atoms with Crippen molar-refractivity contribution in [1.82, 2.24) is 4.98 Å². The van der Waals surface area contributed by atoms with Crippen LogP contribution in [0.5, 0.6) is 0 Å². The minimum Gasteiger partial charge on any atom is -0.293 e. The second-order valence-corrected chi connectivity index (χ2v) is 7.11. The zero-order chi connectivity index (χ0) is 19.8. The molecule has 1 aliphatic carbocycles. The van der Waals surface area contributed by atoms with Gasteiger partial charge in [-0.1, -0.05) is 84.9 Å². The molecule has 1 heterocycles. The van der Waals surface area contributed by atoms with Crippen LogP contribution in [0.15, 0.2) is 97.1 Å². The predicted molar refractivity (Wildman–Crippen MR) is 113 cm³/mol. The molecule has 0 saturated carbocycles. The van der Waals surface area contributed by atoms with Gasteiger partial charge in [-0.25, -0.2) is 0 Å². The molecule has 5 rings (SSSR count). The Hall–Kier alpha value is -3.85. The van der Waals surface area contributed by atoms with Crippen LogP contribution in [0, 0.1) is 0 Å². The number of hydrogen-bond donors (Lipinski definition) is 0. The zero-order valence-electron chi connectivity index (χ0n) is 15.6. The third-order valence-corrected chi connectivity index (χ3v) is 5.30. The number of aromatic nitrogens is 1. The third kappa shape index (κ3) is 2.97. The second kappa shape index (κ2) is 6.95. The highest BCUT2D eigenvalue weighted by Crippen LogP contribution is 2.36. The molecule has 4 aromatic rings. The molecule has 0 N–H and O–H groups in total. The number of hydrogen-bond acceptors (Lipinski definition) is 3. The summed E-state index contributed by atoms with van der Waals surface area (Å²) in [6.45, 7) is 0. The molecule has 0 atom stereocenters. The van der Waals surface area contributed by atoms with Crippen LogP contribution in [-0.4, -0.2) is 16.6 Å². The molecule has 1 aromatic heterocycles. The second-order valence-electron chi connectivity index (χ2n) is 7.11. The van der Waals surface area contributed by atoms with Crippen molar-refractivity contribution in [2.45, 2.75) is 5.92 Å². The third-order valence-electron chi connectivity index (χ3n) is 5.30. The van der Waals surface area contributed by atoms with Crippen molar-refractivity contribution in [3.63, 3.8) is 0 Å². The Kier molecular flexibility index (Phi) is 4.14. The normalized spacial score (nSPS) is 13.5. The highest BCUT2D eigenvalue weighted by molar-refractivity contribution is 6.29. The number of pyridine rings is 1. The Morgan fingerprint density at radius 2 is 1.07 bits per heavy atom. The van der Waals surface area contributed by atoms with Gasteiger partial charge in [0.2, 0.25) is 0 Å². The van der Waals surface area contributed by atoms with Gasteiger partial charge in [0.05, 0.1) is 11.4 Å². The molecule has 29 heavy (non-hydrogen) atoms. The zero-order valence-corrected chi connectivity index (χ0v) is 15.6. The van der Waals surface area contributed by atoms with Crippen LogP contribution in [0.4, 0.5) is 0 Å². The molecule has 0 fully saturated rings. The topological polar surface area (TPSA) is 47.0 Å². The average Bonchev–Trinajstić information content (AvgIpc) is 3.05. The highest BCUT2D eigenvalue weighted by Gasteiger charge is 2.40. The number of benzene rings is 3. The smallest absolute Gasteiger partial charge is 0.180 e.